The van der Waals surface area contributed by atoms with Crippen molar-refractivity contribution >= 4 is 29.1 Å². The van der Waals surface area contributed by atoms with Crippen LogP contribution in [0.1, 0.15) is 17.3 Å². The van der Waals surface area contributed by atoms with Gasteiger partial charge in [0.1, 0.15) is 11.5 Å². The van der Waals surface area contributed by atoms with Crippen LogP contribution in [0.25, 0.3) is 0 Å². The van der Waals surface area contributed by atoms with Gasteiger partial charge >= 0.3 is 0 Å². The molecular weight excluding hydrogens is 504 g/mol. The average Bonchev–Trinajstić information content (AvgIpc) is 2.88. The number of rotatable bonds is 10. The first-order valence-electron chi connectivity index (χ1n) is 12.4. The molecule has 0 aromatic heterocycles. The van der Waals surface area contributed by atoms with Crippen LogP contribution in [0.3, 0.4) is 0 Å². The van der Waals surface area contributed by atoms with Gasteiger partial charge in [-0.15, -0.1) is 0 Å². The lowest BCUT2D eigenvalue weighted by Crippen LogP contribution is -2.52. The third kappa shape index (κ3) is 6.70. The number of carbonyl (C=O) groups excluding carboxylic acids is 2. The molecule has 0 saturated carbocycles. The van der Waals surface area contributed by atoms with Crippen LogP contribution in [0.15, 0.2) is 83.6 Å². The first-order valence-corrected chi connectivity index (χ1v) is 12.7. The fourth-order valence-electron chi connectivity index (χ4n) is 4.20. The average molecular weight is 535 g/mol. The fourth-order valence-corrected chi connectivity index (χ4v) is 4.33. The molecule has 4 rings (SSSR count). The summed E-state index contributed by atoms with van der Waals surface area (Å²) in [5, 5.41) is 15.0. The molecule has 2 aromatic rings. The van der Waals surface area contributed by atoms with Gasteiger partial charge in [0.2, 0.25) is 0 Å². The Balaban J connectivity index is 1.25. The number of ether oxygens (including phenoxy) is 2. The Labute approximate surface area is 227 Å². The molecule has 9 heteroatoms. The highest BCUT2D eigenvalue weighted by Gasteiger charge is 2.31. The van der Waals surface area contributed by atoms with E-state index in [1.54, 1.807) is 74.0 Å². The van der Waals surface area contributed by atoms with Crippen LogP contribution < -0.4 is 15.4 Å². The van der Waals surface area contributed by atoms with E-state index in [0.29, 0.717) is 77.6 Å². The van der Waals surface area contributed by atoms with E-state index in [1.165, 1.54) is 0 Å². The number of nitrogens with one attached hydrogen (secondary N) is 3. The number of methoxy groups -OCH3 is 1. The van der Waals surface area contributed by atoms with E-state index in [9.17, 15) is 9.59 Å². The van der Waals surface area contributed by atoms with Crippen molar-refractivity contribution in [2.45, 2.75) is 6.92 Å². The predicted molar refractivity (Wildman–Crippen MR) is 148 cm³/mol. The second-order valence-corrected chi connectivity index (χ2v) is 9.59. The molecule has 1 heterocycles. The first kappa shape index (κ1) is 27.2. The van der Waals surface area contributed by atoms with Gasteiger partial charge in [-0.25, -0.2) is 0 Å². The number of allylic oxidation sites excluding steroid dienone is 3. The smallest absolute Gasteiger partial charge is 0.253 e. The Morgan fingerprint density at radius 3 is 2.39 bits per heavy atom. The highest BCUT2D eigenvalue weighted by molar-refractivity contribution is 6.30. The summed E-state index contributed by atoms with van der Waals surface area (Å²) in [7, 11) is 1.58. The maximum absolute atomic E-state index is 12.8. The highest BCUT2D eigenvalue weighted by atomic mass is 35.5. The normalized spacial score (nSPS) is 16.4. The summed E-state index contributed by atoms with van der Waals surface area (Å²) in [4.78, 5) is 27.1. The third-order valence-electron chi connectivity index (χ3n) is 6.40. The number of nitrogens with zero attached hydrogens (tertiary/aromatic N) is 1. The number of likely N-dealkylation sites (tertiary alicyclic amines) is 1. The van der Waals surface area contributed by atoms with Crippen molar-refractivity contribution in [2.24, 2.45) is 5.92 Å². The van der Waals surface area contributed by atoms with E-state index < -0.39 is 0 Å². The number of benzene rings is 2. The van der Waals surface area contributed by atoms with Crippen LogP contribution in [0.5, 0.6) is 11.5 Å². The Morgan fingerprint density at radius 1 is 1.08 bits per heavy atom. The van der Waals surface area contributed by atoms with Crippen LogP contribution >= 0.6 is 11.6 Å². The lowest BCUT2D eigenvalue weighted by atomic mass is 9.92. The third-order valence-corrected chi connectivity index (χ3v) is 6.65. The van der Waals surface area contributed by atoms with Gasteiger partial charge in [0.15, 0.2) is 0 Å². The summed E-state index contributed by atoms with van der Waals surface area (Å²) in [6.07, 6.45) is 5.08. The zero-order chi connectivity index (χ0) is 27.1. The summed E-state index contributed by atoms with van der Waals surface area (Å²) >= 11 is 5.90. The summed E-state index contributed by atoms with van der Waals surface area (Å²) < 4.78 is 10.8. The van der Waals surface area contributed by atoms with E-state index in [2.05, 4.69) is 10.6 Å². The summed E-state index contributed by atoms with van der Waals surface area (Å²) in [6.45, 7) is 4.67. The molecule has 0 atom stereocenters. The van der Waals surface area contributed by atoms with Crippen molar-refractivity contribution in [3.05, 3.63) is 94.2 Å². The SMILES string of the molecule is COCCNC(=O)C1=C(C)/C(=C/NCC2CN(C(=O)c3ccc(Oc4ccc(Cl)cc4)cc3)C2)C(=N)C=C1. The molecule has 3 N–H and O–H groups in total. The molecule has 2 aromatic carbocycles. The Hall–Kier alpha value is -3.88. The summed E-state index contributed by atoms with van der Waals surface area (Å²) in [5.41, 5.74) is 2.92. The highest BCUT2D eigenvalue weighted by Crippen LogP contribution is 2.25. The number of amides is 2. The largest absolute Gasteiger partial charge is 0.457 e. The standard InChI is InChI=1S/C29H31ClN4O4/c1-19-25(28(35)33-13-14-37-2)11-12-27(31)26(19)16-32-15-20-17-34(18-20)29(36)21-3-7-23(8-4-21)38-24-9-5-22(30)6-10-24/h3-12,16,20,31-32H,13-15,17-18H2,1-2H3,(H,33,35)/b26-16-,31-27?. The first-order chi connectivity index (χ1) is 18.4. The zero-order valence-electron chi connectivity index (χ0n) is 21.4. The van der Waals surface area contributed by atoms with Crippen molar-refractivity contribution in [1.82, 2.24) is 15.5 Å². The molecule has 38 heavy (non-hydrogen) atoms. The molecule has 198 valence electrons. The quantitative estimate of drug-likeness (QED) is 0.393. The van der Waals surface area contributed by atoms with Gasteiger partial charge in [-0.3, -0.25) is 9.59 Å². The van der Waals surface area contributed by atoms with Crippen LogP contribution in [0.2, 0.25) is 5.02 Å². The lowest BCUT2D eigenvalue weighted by Gasteiger charge is -2.39. The Bertz CT molecular complexity index is 1280. The molecule has 0 radical (unpaired) electrons. The van der Waals surface area contributed by atoms with Gasteiger partial charge in [0, 0.05) is 67.1 Å². The maximum atomic E-state index is 12.8. The van der Waals surface area contributed by atoms with E-state index in [4.69, 9.17) is 26.5 Å². The van der Waals surface area contributed by atoms with E-state index in [-0.39, 0.29) is 11.8 Å². The van der Waals surface area contributed by atoms with Crippen molar-refractivity contribution in [3.63, 3.8) is 0 Å². The molecular formula is C29H31ClN4O4. The van der Waals surface area contributed by atoms with E-state index >= 15 is 0 Å². The molecule has 1 fully saturated rings. The van der Waals surface area contributed by atoms with E-state index in [1.807, 2.05) is 11.8 Å². The van der Waals surface area contributed by atoms with E-state index in [0.717, 1.165) is 5.57 Å². The number of hydrogen-bond donors (Lipinski definition) is 3. The lowest BCUT2D eigenvalue weighted by molar-refractivity contribution is -0.117. The minimum atomic E-state index is -0.188. The minimum Gasteiger partial charge on any atom is -0.457 e. The second kappa shape index (κ2) is 12.6. The van der Waals surface area contributed by atoms with Gasteiger partial charge in [0.05, 0.1) is 12.3 Å². The number of carbonyl (C=O) groups is 2. The van der Waals surface area contributed by atoms with Gasteiger partial charge in [0.25, 0.3) is 11.8 Å². The monoisotopic (exact) mass is 534 g/mol. The number of hydrogen-bond acceptors (Lipinski definition) is 6. The van der Waals surface area contributed by atoms with Crippen LogP contribution in [0.4, 0.5) is 0 Å². The van der Waals surface area contributed by atoms with Crippen molar-refractivity contribution in [1.29, 1.82) is 5.41 Å². The van der Waals surface area contributed by atoms with Crippen LogP contribution in [-0.2, 0) is 9.53 Å². The molecule has 0 spiro atoms. The fraction of sp³-hybridized carbons (Fsp3) is 0.276. The Kier molecular flexibility index (Phi) is 8.99. The van der Waals surface area contributed by atoms with Gasteiger partial charge in [-0.05, 0) is 73.2 Å². The van der Waals surface area contributed by atoms with Crippen LogP contribution in [0, 0.1) is 11.3 Å². The Morgan fingerprint density at radius 2 is 1.74 bits per heavy atom. The molecule has 0 unspecified atom stereocenters. The molecule has 1 aliphatic carbocycles. The minimum absolute atomic E-state index is 0.0141. The van der Waals surface area contributed by atoms with Gasteiger partial charge < -0.3 is 30.4 Å². The molecule has 8 nitrogen and oxygen atoms in total. The topological polar surface area (TPSA) is 104 Å². The van der Waals surface area contributed by atoms with Crippen molar-refractivity contribution < 1.29 is 19.1 Å². The zero-order valence-corrected chi connectivity index (χ0v) is 22.2. The molecule has 2 amide bonds. The van der Waals surface area contributed by atoms with Crippen molar-refractivity contribution in [2.75, 3.05) is 39.9 Å². The summed E-state index contributed by atoms with van der Waals surface area (Å²) in [5.74, 6) is 1.42. The summed E-state index contributed by atoms with van der Waals surface area (Å²) in [6, 6.07) is 14.2. The molecule has 1 saturated heterocycles. The van der Waals surface area contributed by atoms with Crippen molar-refractivity contribution in [3.8, 4) is 11.5 Å². The maximum Gasteiger partial charge on any atom is 0.253 e. The molecule has 0 bridgehead atoms. The van der Waals surface area contributed by atoms with Gasteiger partial charge in [-0.1, -0.05) is 11.6 Å². The van der Waals surface area contributed by atoms with Crippen LogP contribution in [-0.4, -0.2) is 62.3 Å². The number of halogens is 1. The second-order valence-electron chi connectivity index (χ2n) is 9.16. The molecule has 1 aliphatic heterocycles. The predicted octanol–water partition coefficient (Wildman–Crippen LogP) is 4.35. The van der Waals surface area contributed by atoms with Gasteiger partial charge in [-0.2, -0.15) is 0 Å². The molecule has 2 aliphatic rings.